The molecule has 2 heteroatoms. The molecule has 19 heavy (non-hydrogen) atoms. The predicted octanol–water partition coefficient (Wildman–Crippen LogP) is 4.13. The van der Waals surface area contributed by atoms with Crippen molar-refractivity contribution in [3.05, 3.63) is 29.8 Å². The molecule has 0 spiro atoms. The first-order valence-corrected chi connectivity index (χ1v) is 7.61. The molecule has 1 saturated carbocycles. The van der Waals surface area contributed by atoms with Crippen LogP contribution < -0.4 is 4.74 Å². The summed E-state index contributed by atoms with van der Waals surface area (Å²) in [6.07, 6.45) is 5.66. The van der Waals surface area contributed by atoms with Gasteiger partial charge < -0.3 is 9.84 Å². The molecule has 0 heterocycles. The molecule has 0 aliphatic heterocycles. The van der Waals surface area contributed by atoms with E-state index in [9.17, 15) is 5.11 Å². The van der Waals surface area contributed by atoms with Crippen LogP contribution in [0.5, 0.6) is 5.75 Å². The average Bonchev–Trinajstić information content (AvgIpc) is 2.98. The number of benzene rings is 1. The van der Waals surface area contributed by atoms with Gasteiger partial charge in [-0.05, 0) is 48.8 Å². The van der Waals surface area contributed by atoms with Crippen molar-refractivity contribution in [1.82, 2.24) is 0 Å². The highest BCUT2D eigenvalue weighted by Gasteiger charge is 2.23. The molecule has 1 aliphatic carbocycles. The lowest BCUT2D eigenvalue weighted by Gasteiger charge is -2.18. The molecule has 106 valence electrons. The van der Waals surface area contributed by atoms with E-state index in [0.29, 0.717) is 18.4 Å². The van der Waals surface area contributed by atoms with Gasteiger partial charge in [-0.15, -0.1) is 0 Å². The summed E-state index contributed by atoms with van der Waals surface area (Å²) >= 11 is 0. The molecule has 0 saturated heterocycles. The van der Waals surface area contributed by atoms with E-state index in [1.165, 1.54) is 18.4 Å². The highest BCUT2D eigenvalue weighted by Crippen LogP contribution is 2.28. The Kier molecular flexibility index (Phi) is 5.26. The van der Waals surface area contributed by atoms with E-state index in [-0.39, 0.29) is 6.10 Å². The maximum atomic E-state index is 10.1. The number of hydrogen-bond donors (Lipinski definition) is 1. The summed E-state index contributed by atoms with van der Waals surface area (Å²) in [5, 5.41) is 10.1. The van der Waals surface area contributed by atoms with Crippen molar-refractivity contribution in [3.8, 4) is 5.75 Å². The summed E-state index contributed by atoms with van der Waals surface area (Å²) in [6.45, 7) is 4.86. The average molecular weight is 262 g/mol. The molecule has 0 amide bonds. The Labute approximate surface area is 116 Å². The van der Waals surface area contributed by atoms with E-state index in [2.05, 4.69) is 26.0 Å². The Hall–Kier alpha value is -1.02. The maximum absolute atomic E-state index is 10.1. The zero-order chi connectivity index (χ0) is 13.7. The van der Waals surface area contributed by atoms with Crippen molar-refractivity contribution in [1.29, 1.82) is 0 Å². The largest absolute Gasteiger partial charge is 0.491 e. The molecule has 2 atom stereocenters. The van der Waals surface area contributed by atoms with Gasteiger partial charge in [0.15, 0.2) is 0 Å². The monoisotopic (exact) mass is 262 g/mol. The maximum Gasteiger partial charge on any atom is 0.119 e. The first-order valence-electron chi connectivity index (χ1n) is 7.61. The Morgan fingerprint density at radius 2 is 1.84 bits per heavy atom. The van der Waals surface area contributed by atoms with Crippen molar-refractivity contribution in [2.45, 2.75) is 58.0 Å². The zero-order valence-electron chi connectivity index (χ0n) is 12.1. The smallest absolute Gasteiger partial charge is 0.119 e. The van der Waals surface area contributed by atoms with Gasteiger partial charge in [0.1, 0.15) is 12.4 Å². The summed E-state index contributed by atoms with van der Waals surface area (Å²) in [5.41, 5.74) is 1.35. The fourth-order valence-corrected chi connectivity index (χ4v) is 2.79. The summed E-state index contributed by atoms with van der Waals surface area (Å²) in [6, 6.07) is 8.29. The van der Waals surface area contributed by atoms with Crippen molar-refractivity contribution >= 4 is 0 Å². The number of ether oxygens (including phenoxy) is 1. The molecular weight excluding hydrogens is 236 g/mol. The van der Waals surface area contributed by atoms with Crippen LogP contribution in [0.25, 0.3) is 0 Å². The molecule has 1 N–H and O–H groups in total. The van der Waals surface area contributed by atoms with E-state index in [4.69, 9.17) is 4.74 Å². The van der Waals surface area contributed by atoms with Gasteiger partial charge in [0.05, 0.1) is 6.10 Å². The molecule has 2 rings (SSSR count). The minimum absolute atomic E-state index is 0.309. The van der Waals surface area contributed by atoms with Gasteiger partial charge in [0, 0.05) is 0 Å². The van der Waals surface area contributed by atoms with Crippen LogP contribution in [0, 0.1) is 5.92 Å². The highest BCUT2D eigenvalue weighted by molar-refractivity contribution is 5.29. The minimum atomic E-state index is -0.309. The Morgan fingerprint density at radius 3 is 2.42 bits per heavy atom. The third kappa shape index (κ3) is 3.97. The van der Waals surface area contributed by atoms with Gasteiger partial charge in [-0.3, -0.25) is 0 Å². The molecule has 1 aromatic carbocycles. The normalized spacial score (nSPS) is 19.3. The third-order valence-corrected chi connectivity index (χ3v) is 4.43. The van der Waals surface area contributed by atoms with Crippen LogP contribution >= 0.6 is 0 Å². The van der Waals surface area contributed by atoms with Crippen molar-refractivity contribution in [2.75, 3.05) is 6.61 Å². The molecule has 0 radical (unpaired) electrons. The lowest BCUT2D eigenvalue weighted by atomic mass is 9.99. The molecule has 1 aliphatic rings. The Balaban J connectivity index is 1.82. The van der Waals surface area contributed by atoms with Crippen LogP contribution in [0.4, 0.5) is 0 Å². The fraction of sp³-hybridized carbons (Fsp3) is 0.647. The van der Waals surface area contributed by atoms with Gasteiger partial charge in [-0.2, -0.15) is 0 Å². The first-order chi connectivity index (χ1) is 9.20. The standard InChI is InChI=1S/C17H26O2/c1-3-13(2)14-8-10-16(11-9-14)19-12-17(18)15-6-4-5-7-15/h8-11,13,15,17-18H,3-7,12H2,1-2H3. The summed E-state index contributed by atoms with van der Waals surface area (Å²) in [7, 11) is 0. The second kappa shape index (κ2) is 6.95. The molecule has 2 unspecified atom stereocenters. The minimum Gasteiger partial charge on any atom is -0.491 e. The molecule has 1 aromatic rings. The topological polar surface area (TPSA) is 29.5 Å². The molecule has 0 bridgehead atoms. The van der Waals surface area contributed by atoms with Crippen LogP contribution in [0.1, 0.15) is 57.4 Å². The van der Waals surface area contributed by atoms with Crippen molar-refractivity contribution in [2.24, 2.45) is 5.92 Å². The van der Waals surface area contributed by atoms with Crippen LogP contribution in [0.2, 0.25) is 0 Å². The summed E-state index contributed by atoms with van der Waals surface area (Å²) in [5.74, 6) is 1.90. The van der Waals surface area contributed by atoms with Crippen LogP contribution in [0.3, 0.4) is 0 Å². The van der Waals surface area contributed by atoms with Gasteiger partial charge in [0.25, 0.3) is 0 Å². The predicted molar refractivity (Wildman–Crippen MR) is 78.6 cm³/mol. The Morgan fingerprint density at radius 1 is 1.21 bits per heavy atom. The quantitative estimate of drug-likeness (QED) is 0.835. The molecule has 2 nitrogen and oxygen atoms in total. The zero-order valence-corrected chi connectivity index (χ0v) is 12.1. The van der Waals surface area contributed by atoms with E-state index in [1.54, 1.807) is 0 Å². The van der Waals surface area contributed by atoms with Crippen LogP contribution in [-0.4, -0.2) is 17.8 Å². The highest BCUT2D eigenvalue weighted by atomic mass is 16.5. The van der Waals surface area contributed by atoms with Crippen molar-refractivity contribution in [3.63, 3.8) is 0 Å². The van der Waals surface area contributed by atoms with E-state index < -0.39 is 0 Å². The van der Waals surface area contributed by atoms with Gasteiger partial charge >= 0.3 is 0 Å². The molecular formula is C17H26O2. The van der Waals surface area contributed by atoms with E-state index in [0.717, 1.165) is 25.0 Å². The van der Waals surface area contributed by atoms with Gasteiger partial charge in [-0.25, -0.2) is 0 Å². The molecule has 0 aromatic heterocycles. The fourth-order valence-electron chi connectivity index (χ4n) is 2.79. The second-order valence-electron chi connectivity index (χ2n) is 5.80. The van der Waals surface area contributed by atoms with Gasteiger partial charge in [0.2, 0.25) is 0 Å². The number of hydrogen-bond acceptors (Lipinski definition) is 2. The summed E-state index contributed by atoms with van der Waals surface area (Å²) in [4.78, 5) is 0. The number of aliphatic hydroxyl groups is 1. The summed E-state index contributed by atoms with van der Waals surface area (Å²) < 4.78 is 5.70. The lowest BCUT2D eigenvalue weighted by molar-refractivity contribution is 0.0593. The molecule has 1 fully saturated rings. The van der Waals surface area contributed by atoms with E-state index in [1.807, 2.05) is 12.1 Å². The first kappa shape index (κ1) is 14.4. The van der Waals surface area contributed by atoms with Gasteiger partial charge in [-0.1, -0.05) is 38.8 Å². The Bertz CT molecular complexity index is 365. The number of rotatable bonds is 6. The number of aliphatic hydroxyl groups excluding tert-OH is 1. The SMILES string of the molecule is CCC(C)c1ccc(OCC(O)C2CCCC2)cc1. The third-order valence-electron chi connectivity index (χ3n) is 4.43. The van der Waals surface area contributed by atoms with Crippen molar-refractivity contribution < 1.29 is 9.84 Å². The lowest BCUT2D eigenvalue weighted by Crippen LogP contribution is -2.25. The van der Waals surface area contributed by atoms with Crippen LogP contribution in [-0.2, 0) is 0 Å². The second-order valence-corrected chi connectivity index (χ2v) is 5.80. The van der Waals surface area contributed by atoms with E-state index >= 15 is 0 Å². The van der Waals surface area contributed by atoms with Crippen LogP contribution in [0.15, 0.2) is 24.3 Å².